The molecule has 0 aliphatic carbocycles. The molecule has 1 aromatic heterocycles. The average molecular weight is 424 g/mol. The first-order valence-electron chi connectivity index (χ1n) is 9.84. The number of hydrogen-bond acceptors (Lipinski definition) is 4. The third kappa shape index (κ3) is 5.64. The van der Waals surface area contributed by atoms with E-state index in [9.17, 15) is 9.59 Å². The molecule has 3 aromatic rings. The molecular formula is C22H25N5O2S. The number of carbonyl (C=O) groups is 2. The molecule has 2 amide bonds. The van der Waals surface area contributed by atoms with Gasteiger partial charge in [-0.05, 0) is 43.3 Å². The zero-order valence-corrected chi connectivity index (χ0v) is 17.9. The molecule has 0 fully saturated rings. The van der Waals surface area contributed by atoms with Gasteiger partial charge in [-0.25, -0.2) is 0 Å². The highest BCUT2D eigenvalue weighted by atomic mass is 32.1. The molecule has 1 heterocycles. The number of rotatable bonds is 8. The van der Waals surface area contributed by atoms with E-state index in [0.717, 1.165) is 28.8 Å². The van der Waals surface area contributed by atoms with Gasteiger partial charge in [-0.1, -0.05) is 48.9 Å². The van der Waals surface area contributed by atoms with Crippen molar-refractivity contribution in [2.75, 3.05) is 5.32 Å². The minimum Gasteiger partial charge on any atom is -0.350 e. The van der Waals surface area contributed by atoms with Gasteiger partial charge in [0.05, 0.1) is 0 Å². The molecule has 0 saturated heterocycles. The molecule has 3 N–H and O–H groups in total. The Labute approximate surface area is 180 Å². The van der Waals surface area contributed by atoms with Crippen LogP contribution in [0.2, 0.25) is 0 Å². The number of aryl methyl sites for hydroxylation is 1. The smallest absolute Gasteiger partial charge is 0.240 e. The number of hydrogen-bond donors (Lipinski definition) is 3. The summed E-state index contributed by atoms with van der Waals surface area (Å²) in [7, 11) is 0. The Balaban J connectivity index is 1.59. The third-order valence-corrected chi connectivity index (χ3v) is 4.89. The molecule has 156 valence electrons. The third-order valence-electron chi connectivity index (χ3n) is 4.57. The minimum atomic E-state index is -0.166. The SMILES string of the molecule is CCCC(=O)Nc1ccc(CNC(=O)Cn2c(-c3ccc(C)cc3)n[nH]c2=S)cc1. The topological polar surface area (TPSA) is 91.8 Å². The van der Waals surface area contributed by atoms with E-state index in [4.69, 9.17) is 12.2 Å². The first-order chi connectivity index (χ1) is 14.5. The second-order valence-corrected chi connectivity index (χ2v) is 7.46. The molecule has 0 aliphatic heterocycles. The Bertz CT molecular complexity index is 1070. The summed E-state index contributed by atoms with van der Waals surface area (Å²) in [5.41, 5.74) is 3.72. The lowest BCUT2D eigenvalue weighted by molar-refractivity contribution is -0.121. The molecule has 30 heavy (non-hydrogen) atoms. The molecule has 8 heteroatoms. The van der Waals surface area contributed by atoms with E-state index in [1.165, 1.54) is 0 Å². The Hall–Kier alpha value is -3.26. The predicted molar refractivity (Wildman–Crippen MR) is 119 cm³/mol. The van der Waals surface area contributed by atoms with Crippen molar-refractivity contribution in [1.29, 1.82) is 0 Å². The number of anilines is 1. The number of aromatic amines is 1. The molecule has 0 aliphatic rings. The lowest BCUT2D eigenvalue weighted by atomic mass is 10.1. The standard InChI is InChI=1S/C22H25N5O2S/c1-3-4-19(28)24-18-11-7-16(8-12-18)13-23-20(29)14-27-21(25-26-22(27)30)17-9-5-15(2)6-10-17/h5-12H,3-4,13-14H2,1-2H3,(H,23,29)(H,24,28)(H,26,30). The van der Waals surface area contributed by atoms with Crippen molar-refractivity contribution in [1.82, 2.24) is 20.1 Å². The molecule has 2 aromatic carbocycles. The van der Waals surface area contributed by atoms with E-state index in [2.05, 4.69) is 20.8 Å². The number of nitrogens with zero attached hydrogens (tertiary/aromatic N) is 2. The fourth-order valence-corrected chi connectivity index (χ4v) is 3.14. The van der Waals surface area contributed by atoms with Crippen molar-refractivity contribution >= 4 is 29.7 Å². The lowest BCUT2D eigenvalue weighted by Gasteiger charge is -2.09. The summed E-state index contributed by atoms with van der Waals surface area (Å²) < 4.78 is 2.08. The van der Waals surface area contributed by atoms with Crippen molar-refractivity contribution in [3.8, 4) is 11.4 Å². The van der Waals surface area contributed by atoms with Gasteiger partial charge in [0.2, 0.25) is 11.8 Å². The number of carbonyl (C=O) groups excluding carboxylic acids is 2. The van der Waals surface area contributed by atoms with Gasteiger partial charge in [-0.3, -0.25) is 19.3 Å². The van der Waals surface area contributed by atoms with E-state index in [-0.39, 0.29) is 18.4 Å². The lowest BCUT2D eigenvalue weighted by Crippen LogP contribution is -2.27. The fraction of sp³-hybridized carbons (Fsp3) is 0.273. The van der Waals surface area contributed by atoms with Gasteiger partial charge in [0, 0.05) is 24.2 Å². The van der Waals surface area contributed by atoms with E-state index in [1.807, 2.05) is 62.4 Å². The molecule has 3 rings (SSSR count). The normalized spacial score (nSPS) is 10.6. The number of aromatic nitrogens is 3. The summed E-state index contributed by atoms with van der Waals surface area (Å²) >= 11 is 5.29. The molecule has 7 nitrogen and oxygen atoms in total. The van der Waals surface area contributed by atoms with E-state index < -0.39 is 0 Å². The van der Waals surface area contributed by atoms with Gasteiger partial charge in [-0.2, -0.15) is 5.10 Å². The average Bonchev–Trinajstić information content (AvgIpc) is 3.08. The predicted octanol–water partition coefficient (Wildman–Crippen LogP) is 3.97. The van der Waals surface area contributed by atoms with E-state index in [0.29, 0.717) is 23.6 Å². The summed E-state index contributed by atoms with van der Waals surface area (Å²) in [4.78, 5) is 24.1. The molecule has 0 radical (unpaired) electrons. The second-order valence-electron chi connectivity index (χ2n) is 7.08. The van der Waals surface area contributed by atoms with Crippen LogP contribution in [0.25, 0.3) is 11.4 Å². The van der Waals surface area contributed by atoms with E-state index in [1.54, 1.807) is 4.57 Å². The van der Waals surface area contributed by atoms with Crippen LogP contribution in [0.5, 0.6) is 0 Å². The van der Waals surface area contributed by atoms with Gasteiger partial charge in [0.25, 0.3) is 0 Å². The number of benzene rings is 2. The van der Waals surface area contributed by atoms with Crippen LogP contribution in [0, 0.1) is 11.7 Å². The van der Waals surface area contributed by atoms with Crippen LogP contribution >= 0.6 is 12.2 Å². The van der Waals surface area contributed by atoms with Crippen molar-refractivity contribution < 1.29 is 9.59 Å². The monoisotopic (exact) mass is 423 g/mol. The minimum absolute atomic E-state index is 0.000195. The highest BCUT2D eigenvalue weighted by Crippen LogP contribution is 2.18. The molecule has 0 spiro atoms. The van der Waals surface area contributed by atoms with Gasteiger partial charge in [-0.15, -0.1) is 0 Å². The molecule has 0 unspecified atom stereocenters. The zero-order valence-electron chi connectivity index (χ0n) is 17.1. The Morgan fingerprint density at radius 2 is 1.77 bits per heavy atom. The van der Waals surface area contributed by atoms with Gasteiger partial charge in [0.1, 0.15) is 6.54 Å². The fourth-order valence-electron chi connectivity index (χ4n) is 2.94. The van der Waals surface area contributed by atoms with Gasteiger partial charge < -0.3 is 10.6 Å². The van der Waals surface area contributed by atoms with Crippen LogP contribution in [0.4, 0.5) is 5.69 Å². The van der Waals surface area contributed by atoms with Crippen molar-refractivity contribution in [3.63, 3.8) is 0 Å². The van der Waals surface area contributed by atoms with Crippen molar-refractivity contribution in [2.45, 2.75) is 39.8 Å². The Morgan fingerprint density at radius 3 is 2.43 bits per heavy atom. The summed E-state index contributed by atoms with van der Waals surface area (Å²) in [5, 5.41) is 12.8. The maximum absolute atomic E-state index is 12.5. The van der Waals surface area contributed by atoms with Gasteiger partial charge in [0.15, 0.2) is 10.6 Å². The van der Waals surface area contributed by atoms with E-state index >= 15 is 0 Å². The zero-order chi connectivity index (χ0) is 21.5. The van der Waals surface area contributed by atoms with Crippen LogP contribution in [-0.2, 0) is 22.7 Å². The summed E-state index contributed by atoms with van der Waals surface area (Å²) in [6.07, 6.45) is 1.31. The second kappa shape index (κ2) is 9.98. The molecule has 0 saturated carbocycles. The largest absolute Gasteiger partial charge is 0.350 e. The Morgan fingerprint density at radius 1 is 1.07 bits per heavy atom. The highest BCUT2D eigenvalue weighted by Gasteiger charge is 2.12. The number of H-pyrrole nitrogens is 1. The summed E-state index contributed by atoms with van der Waals surface area (Å²) in [5.74, 6) is 0.461. The number of amides is 2. The van der Waals surface area contributed by atoms with Crippen LogP contribution in [0.1, 0.15) is 30.9 Å². The van der Waals surface area contributed by atoms with Crippen molar-refractivity contribution in [2.24, 2.45) is 0 Å². The van der Waals surface area contributed by atoms with Gasteiger partial charge >= 0.3 is 0 Å². The van der Waals surface area contributed by atoms with Crippen LogP contribution in [-0.4, -0.2) is 26.6 Å². The maximum Gasteiger partial charge on any atom is 0.240 e. The van der Waals surface area contributed by atoms with Crippen LogP contribution < -0.4 is 10.6 Å². The number of nitrogens with one attached hydrogen (secondary N) is 3. The first kappa shape index (κ1) is 21.4. The van der Waals surface area contributed by atoms with Crippen molar-refractivity contribution in [3.05, 3.63) is 64.4 Å². The quantitative estimate of drug-likeness (QED) is 0.478. The first-order valence-corrected chi connectivity index (χ1v) is 10.2. The van der Waals surface area contributed by atoms with Crippen LogP contribution in [0.3, 0.4) is 0 Å². The summed E-state index contributed by atoms with van der Waals surface area (Å²) in [6.45, 7) is 4.43. The Kier molecular flexibility index (Phi) is 7.13. The molecule has 0 bridgehead atoms. The molecular weight excluding hydrogens is 398 g/mol. The molecule has 0 atom stereocenters. The summed E-state index contributed by atoms with van der Waals surface area (Å²) in [6, 6.07) is 15.3. The van der Waals surface area contributed by atoms with Crippen LogP contribution in [0.15, 0.2) is 48.5 Å². The highest BCUT2D eigenvalue weighted by molar-refractivity contribution is 7.71. The maximum atomic E-state index is 12.5.